The van der Waals surface area contributed by atoms with E-state index in [0.29, 0.717) is 11.3 Å². The highest BCUT2D eigenvalue weighted by Crippen LogP contribution is 2.44. The molecule has 0 saturated heterocycles. The summed E-state index contributed by atoms with van der Waals surface area (Å²) in [5, 5.41) is 0. The zero-order valence-corrected chi connectivity index (χ0v) is 10.8. The SMILES string of the molecule is [2H]C1(C2CCC(C)CC2)CCC(C)(C)CC1. The third-order valence-electron chi connectivity index (χ3n) is 4.84. The fraction of sp³-hybridized carbons (Fsp3) is 1.00. The summed E-state index contributed by atoms with van der Waals surface area (Å²) in [4.78, 5) is 0. The van der Waals surface area contributed by atoms with Gasteiger partial charge in [0, 0.05) is 1.37 Å². The molecule has 2 rings (SSSR count). The summed E-state index contributed by atoms with van der Waals surface area (Å²) < 4.78 is 8.76. The Hall–Kier alpha value is 0. The van der Waals surface area contributed by atoms with Gasteiger partial charge in [-0.15, -0.1) is 0 Å². The van der Waals surface area contributed by atoms with Crippen LogP contribution in [0.3, 0.4) is 0 Å². The number of hydrogen-bond donors (Lipinski definition) is 0. The highest BCUT2D eigenvalue weighted by Gasteiger charge is 2.32. The fourth-order valence-corrected chi connectivity index (χ4v) is 3.32. The van der Waals surface area contributed by atoms with Crippen LogP contribution in [0.4, 0.5) is 0 Å². The van der Waals surface area contributed by atoms with Crippen molar-refractivity contribution >= 4 is 0 Å². The van der Waals surface area contributed by atoms with Gasteiger partial charge in [0.1, 0.15) is 0 Å². The van der Waals surface area contributed by atoms with Crippen molar-refractivity contribution in [3.8, 4) is 0 Å². The Bertz CT molecular complexity index is 226. The monoisotopic (exact) mass is 209 g/mol. The van der Waals surface area contributed by atoms with Crippen molar-refractivity contribution < 1.29 is 1.37 Å². The maximum absolute atomic E-state index is 8.76. The zero-order valence-electron chi connectivity index (χ0n) is 11.8. The standard InChI is InChI=1S/C15H28/c1-12-4-6-13(7-5-12)14-8-10-15(2,3)11-9-14/h12-14H,4-11H2,1-3H3/i14D. The Morgan fingerprint density at radius 3 is 2.00 bits per heavy atom. The predicted molar refractivity (Wildman–Crippen MR) is 66.9 cm³/mol. The van der Waals surface area contributed by atoms with E-state index in [0.717, 1.165) is 18.8 Å². The van der Waals surface area contributed by atoms with Crippen LogP contribution in [0.5, 0.6) is 0 Å². The molecule has 0 heterocycles. The molecule has 15 heavy (non-hydrogen) atoms. The van der Waals surface area contributed by atoms with Crippen LogP contribution in [0, 0.1) is 23.1 Å². The molecule has 2 aliphatic carbocycles. The normalized spacial score (nSPS) is 40.9. The molecule has 88 valence electrons. The van der Waals surface area contributed by atoms with Gasteiger partial charge in [0.25, 0.3) is 0 Å². The molecule has 0 amide bonds. The first-order chi connectivity index (χ1) is 7.41. The molecule has 0 spiro atoms. The molecule has 0 aromatic heterocycles. The Morgan fingerprint density at radius 1 is 0.933 bits per heavy atom. The van der Waals surface area contributed by atoms with Crippen LogP contribution in [0.2, 0.25) is 0 Å². The first kappa shape index (κ1) is 10.2. The summed E-state index contributed by atoms with van der Waals surface area (Å²) in [6.07, 6.45) is 10.2. The van der Waals surface area contributed by atoms with Gasteiger partial charge in [-0.3, -0.25) is 0 Å². The molecular formula is C15H28. The molecule has 0 nitrogen and oxygen atoms in total. The van der Waals surface area contributed by atoms with E-state index in [9.17, 15) is 0 Å². The van der Waals surface area contributed by atoms with E-state index in [1.165, 1.54) is 38.5 Å². The maximum atomic E-state index is 8.76. The second kappa shape index (κ2) is 4.47. The summed E-state index contributed by atoms with van der Waals surface area (Å²) in [5.74, 6) is 1.56. The molecule has 0 aliphatic heterocycles. The van der Waals surface area contributed by atoms with Crippen molar-refractivity contribution in [1.82, 2.24) is 0 Å². The molecule has 0 heteroatoms. The minimum absolute atomic E-state index is 0.0599. The van der Waals surface area contributed by atoms with Gasteiger partial charge in [0.05, 0.1) is 0 Å². The first-order valence-corrected chi connectivity index (χ1v) is 6.91. The minimum atomic E-state index is -0.0599. The second-order valence-corrected chi connectivity index (χ2v) is 6.78. The average molecular weight is 209 g/mol. The van der Waals surface area contributed by atoms with Crippen molar-refractivity contribution in [3.05, 3.63) is 0 Å². The van der Waals surface area contributed by atoms with Crippen molar-refractivity contribution in [3.63, 3.8) is 0 Å². The molecule has 0 aromatic carbocycles. The van der Waals surface area contributed by atoms with Gasteiger partial charge < -0.3 is 0 Å². The molecular weight excluding hydrogens is 180 g/mol. The van der Waals surface area contributed by atoms with Crippen LogP contribution >= 0.6 is 0 Å². The largest absolute Gasteiger partial charge is 0.0625 e. The van der Waals surface area contributed by atoms with Gasteiger partial charge in [-0.05, 0) is 61.7 Å². The van der Waals surface area contributed by atoms with E-state index in [1.54, 1.807) is 0 Å². The Morgan fingerprint density at radius 2 is 1.47 bits per heavy atom. The highest BCUT2D eigenvalue weighted by molar-refractivity contribution is 4.84. The molecule has 0 aromatic rings. The zero-order chi connectivity index (χ0) is 11.8. The van der Waals surface area contributed by atoms with Crippen LogP contribution in [-0.2, 0) is 0 Å². The summed E-state index contributed by atoms with van der Waals surface area (Å²) in [6, 6.07) is 0. The van der Waals surface area contributed by atoms with E-state index in [1.807, 2.05) is 0 Å². The van der Waals surface area contributed by atoms with Crippen molar-refractivity contribution in [1.29, 1.82) is 0 Å². The lowest BCUT2D eigenvalue weighted by atomic mass is 9.66. The number of rotatable bonds is 1. The van der Waals surface area contributed by atoms with Gasteiger partial charge in [-0.2, -0.15) is 0 Å². The summed E-state index contributed by atoms with van der Waals surface area (Å²) in [7, 11) is 0. The fourth-order valence-electron chi connectivity index (χ4n) is 3.32. The minimum Gasteiger partial charge on any atom is -0.0625 e. The Kier molecular flexibility index (Phi) is 3.03. The Labute approximate surface area is 97.2 Å². The summed E-state index contributed by atoms with van der Waals surface area (Å²) in [6.45, 7) is 7.11. The average Bonchev–Trinajstić information content (AvgIpc) is 2.24. The second-order valence-electron chi connectivity index (χ2n) is 6.78. The van der Waals surface area contributed by atoms with Crippen molar-refractivity contribution in [2.45, 2.75) is 72.1 Å². The molecule has 0 unspecified atom stereocenters. The van der Waals surface area contributed by atoms with Gasteiger partial charge >= 0.3 is 0 Å². The van der Waals surface area contributed by atoms with E-state index < -0.39 is 0 Å². The quantitative estimate of drug-likeness (QED) is 0.568. The van der Waals surface area contributed by atoms with Crippen molar-refractivity contribution in [2.24, 2.45) is 23.1 Å². The lowest BCUT2D eigenvalue weighted by Gasteiger charge is -2.40. The van der Waals surface area contributed by atoms with Crippen LogP contribution in [0.15, 0.2) is 0 Å². The molecule has 0 radical (unpaired) electrons. The van der Waals surface area contributed by atoms with Crippen molar-refractivity contribution in [2.75, 3.05) is 0 Å². The van der Waals surface area contributed by atoms with Crippen LogP contribution in [-0.4, -0.2) is 0 Å². The van der Waals surface area contributed by atoms with Gasteiger partial charge in [0.2, 0.25) is 0 Å². The molecule has 0 N–H and O–H groups in total. The van der Waals surface area contributed by atoms with Crippen LogP contribution in [0.25, 0.3) is 0 Å². The van der Waals surface area contributed by atoms with E-state index in [4.69, 9.17) is 1.37 Å². The van der Waals surface area contributed by atoms with Gasteiger partial charge in [-0.25, -0.2) is 0 Å². The molecule has 0 bridgehead atoms. The lowest BCUT2D eigenvalue weighted by molar-refractivity contribution is 0.117. The molecule has 0 atom stereocenters. The Balaban J connectivity index is 1.93. The van der Waals surface area contributed by atoms with E-state index >= 15 is 0 Å². The predicted octanol–water partition coefficient (Wildman–Crippen LogP) is 5.03. The first-order valence-electron chi connectivity index (χ1n) is 7.41. The highest BCUT2D eigenvalue weighted by atomic mass is 14.4. The van der Waals surface area contributed by atoms with E-state index in [-0.39, 0.29) is 5.89 Å². The smallest absolute Gasteiger partial charge is 0.0306 e. The molecule has 2 saturated carbocycles. The van der Waals surface area contributed by atoms with Crippen LogP contribution in [0.1, 0.15) is 73.5 Å². The molecule has 2 aliphatic rings. The maximum Gasteiger partial charge on any atom is 0.0306 e. The topological polar surface area (TPSA) is 0 Å². The van der Waals surface area contributed by atoms with Gasteiger partial charge in [-0.1, -0.05) is 33.6 Å². The van der Waals surface area contributed by atoms with Gasteiger partial charge in [0.15, 0.2) is 0 Å². The third-order valence-corrected chi connectivity index (χ3v) is 4.84. The third kappa shape index (κ3) is 2.98. The van der Waals surface area contributed by atoms with E-state index in [2.05, 4.69) is 20.8 Å². The summed E-state index contributed by atoms with van der Waals surface area (Å²) in [5.41, 5.74) is 0.506. The lowest BCUT2D eigenvalue weighted by Crippen LogP contribution is -2.28. The number of hydrogen-bond acceptors (Lipinski definition) is 0. The molecule has 2 fully saturated rings. The summed E-state index contributed by atoms with van der Waals surface area (Å²) >= 11 is 0. The van der Waals surface area contributed by atoms with Crippen LogP contribution < -0.4 is 0 Å².